The number of ether oxygens (including phenoxy) is 2. The number of nitro benzene ring substituents is 1. The molecule has 0 saturated heterocycles. The Labute approximate surface area is 137 Å². The summed E-state index contributed by atoms with van der Waals surface area (Å²) < 4.78 is 9.52. The van der Waals surface area contributed by atoms with Crippen molar-refractivity contribution in [2.45, 2.75) is 13.3 Å². The lowest BCUT2D eigenvalue weighted by Gasteiger charge is -2.07. The molecule has 0 aliphatic heterocycles. The van der Waals surface area contributed by atoms with E-state index < -0.39 is 35.1 Å². The van der Waals surface area contributed by atoms with Gasteiger partial charge in [0.05, 0.1) is 17.6 Å². The highest BCUT2D eigenvalue weighted by Crippen LogP contribution is 2.27. The number of amides is 3. The Kier molecular flexibility index (Phi) is 7.14. The molecule has 0 aliphatic carbocycles. The lowest BCUT2D eigenvalue weighted by Crippen LogP contribution is -2.41. The van der Waals surface area contributed by atoms with Crippen LogP contribution in [0.2, 0.25) is 0 Å². The minimum atomic E-state index is -0.940. The topological polar surface area (TPSA) is 137 Å². The molecule has 3 amide bonds. The van der Waals surface area contributed by atoms with Crippen molar-refractivity contribution in [1.82, 2.24) is 10.6 Å². The van der Waals surface area contributed by atoms with Crippen LogP contribution < -0.4 is 15.4 Å². The molecule has 24 heavy (non-hydrogen) atoms. The quantitative estimate of drug-likeness (QED) is 0.429. The fourth-order valence-electron chi connectivity index (χ4n) is 1.62. The molecule has 10 nitrogen and oxygen atoms in total. The van der Waals surface area contributed by atoms with Crippen LogP contribution in [0.5, 0.6) is 5.75 Å². The van der Waals surface area contributed by atoms with E-state index in [9.17, 15) is 24.5 Å². The van der Waals surface area contributed by atoms with Crippen molar-refractivity contribution in [3.8, 4) is 5.75 Å². The van der Waals surface area contributed by atoms with Gasteiger partial charge in [0, 0.05) is 12.6 Å². The molecule has 1 rings (SSSR count). The lowest BCUT2D eigenvalue weighted by molar-refractivity contribution is -0.385. The van der Waals surface area contributed by atoms with Gasteiger partial charge in [0.1, 0.15) is 0 Å². The van der Waals surface area contributed by atoms with Crippen LogP contribution in [-0.4, -0.2) is 43.1 Å². The molecule has 0 radical (unpaired) electrons. The van der Waals surface area contributed by atoms with Crippen LogP contribution in [0.25, 0.3) is 0 Å². The Bertz CT molecular complexity index is 645. The van der Waals surface area contributed by atoms with Gasteiger partial charge in [0.2, 0.25) is 0 Å². The highest BCUT2D eigenvalue weighted by molar-refractivity contribution is 5.97. The van der Waals surface area contributed by atoms with Crippen molar-refractivity contribution in [1.29, 1.82) is 0 Å². The number of hydrogen-bond acceptors (Lipinski definition) is 7. The van der Waals surface area contributed by atoms with E-state index in [4.69, 9.17) is 9.47 Å². The van der Waals surface area contributed by atoms with E-state index in [0.717, 1.165) is 6.07 Å². The zero-order valence-electron chi connectivity index (χ0n) is 13.2. The van der Waals surface area contributed by atoms with E-state index in [1.165, 1.54) is 19.2 Å². The Morgan fingerprint density at radius 2 is 2.00 bits per heavy atom. The second kappa shape index (κ2) is 9.08. The molecule has 0 saturated carbocycles. The van der Waals surface area contributed by atoms with Crippen molar-refractivity contribution in [2.75, 3.05) is 20.3 Å². The number of rotatable bonds is 7. The Morgan fingerprint density at radius 1 is 1.29 bits per heavy atom. The van der Waals surface area contributed by atoms with Crippen molar-refractivity contribution < 1.29 is 28.8 Å². The average molecular weight is 339 g/mol. The number of methoxy groups -OCH3 is 1. The standard InChI is InChI=1S/C14H17N3O7/c1-3-6-15-14(20)16-12(18)8-24-13(19)9-4-5-11(23-2)10(7-9)17(21)22/h4-5,7H,3,6,8H2,1-2H3,(H2,15,16,18,20). The highest BCUT2D eigenvalue weighted by Gasteiger charge is 2.19. The summed E-state index contributed by atoms with van der Waals surface area (Å²) >= 11 is 0. The SMILES string of the molecule is CCCNC(=O)NC(=O)COC(=O)c1ccc(OC)c([N+](=O)[O-])c1. The van der Waals surface area contributed by atoms with Crippen molar-refractivity contribution in [3.63, 3.8) is 0 Å². The number of imide groups is 1. The summed E-state index contributed by atoms with van der Waals surface area (Å²) in [6.07, 6.45) is 0.701. The molecule has 0 spiro atoms. The van der Waals surface area contributed by atoms with E-state index >= 15 is 0 Å². The first-order valence-electron chi connectivity index (χ1n) is 6.96. The number of nitrogens with one attached hydrogen (secondary N) is 2. The molecule has 10 heteroatoms. The maximum absolute atomic E-state index is 11.8. The lowest BCUT2D eigenvalue weighted by atomic mass is 10.2. The number of nitro groups is 1. The summed E-state index contributed by atoms with van der Waals surface area (Å²) in [5, 5.41) is 15.3. The minimum Gasteiger partial charge on any atom is -0.490 e. The second-order valence-corrected chi connectivity index (χ2v) is 4.52. The summed E-state index contributed by atoms with van der Waals surface area (Å²) in [6, 6.07) is 2.79. The Hall–Kier alpha value is -3.17. The number of urea groups is 1. The van der Waals surface area contributed by atoms with Crippen LogP contribution >= 0.6 is 0 Å². The molecule has 0 fully saturated rings. The van der Waals surface area contributed by atoms with Gasteiger partial charge < -0.3 is 14.8 Å². The largest absolute Gasteiger partial charge is 0.490 e. The second-order valence-electron chi connectivity index (χ2n) is 4.52. The molecular formula is C14H17N3O7. The monoisotopic (exact) mass is 339 g/mol. The molecule has 130 valence electrons. The molecule has 1 aromatic carbocycles. The third kappa shape index (κ3) is 5.55. The van der Waals surface area contributed by atoms with E-state index in [2.05, 4.69) is 5.32 Å². The molecule has 0 heterocycles. The Balaban J connectivity index is 2.62. The van der Waals surface area contributed by atoms with Crippen LogP contribution in [-0.2, 0) is 9.53 Å². The third-order valence-corrected chi connectivity index (χ3v) is 2.73. The van der Waals surface area contributed by atoms with Crippen molar-refractivity contribution in [3.05, 3.63) is 33.9 Å². The van der Waals surface area contributed by atoms with Gasteiger partial charge in [-0.1, -0.05) is 6.92 Å². The van der Waals surface area contributed by atoms with Crippen molar-refractivity contribution in [2.24, 2.45) is 0 Å². The maximum atomic E-state index is 11.8. The third-order valence-electron chi connectivity index (χ3n) is 2.73. The van der Waals surface area contributed by atoms with Gasteiger partial charge in [-0.15, -0.1) is 0 Å². The zero-order valence-corrected chi connectivity index (χ0v) is 13.2. The average Bonchev–Trinajstić information content (AvgIpc) is 2.57. The molecule has 1 aromatic rings. The molecule has 0 bridgehead atoms. The first kappa shape index (κ1) is 18.9. The zero-order chi connectivity index (χ0) is 18.1. The van der Waals surface area contributed by atoms with Crippen LogP contribution in [0, 0.1) is 10.1 Å². The summed E-state index contributed by atoms with van der Waals surface area (Å²) in [6.45, 7) is 1.55. The van der Waals surface area contributed by atoms with Gasteiger partial charge in [-0.05, 0) is 18.6 Å². The van der Waals surface area contributed by atoms with Crippen LogP contribution in [0.1, 0.15) is 23.7 Å². The van der Waals surface area contributed by atoms with Gasteiger partial charge in [-0.2, -0.15) is 0 Å². The van der Waals surface area contributed by atoms with Gasteiger partial charge in [0.15, 0.2) is 12.4 Å². The molecular weight excluding hydrogens is 322 g/mol. The first-order chi connectivity index (χ1) is 11.4. The van der Waals surface area contributed by atoms with Crippen LogP contribution in [0.15, 0.2) is 18.2 Å². The normalized spacial score (nSPS) is 9.75. The predicted octanol–water partition coefficient (Wildman–Crippen LogP) is 0.996. The number of carbonyl (C=O) groups excluding carboxylic acids is 3. The summed E-state index contributed by atoms with van der Waals surface area (Å²) in [5.74, 6) is -1.77. The predicted molar refractivity (Wildman–Crippen MR) is 81.8 cm³/mol. The first-order valence-corrected chi connectivity index (χ1v) is 6.96. The number of nitrogens with zero attached hydrogens (tertiary/aromatic N) is 1. The fraction of sp³-hybridized carbons (Fsp3) is 0.357. The van der Waals surface area contributed by atoms with Crippen molar-refractivity contribution >= 4 is 23.6 Å². The summed E-state index contributed by atoms with van der Waals surface area (Å²) in [7, 11) is 1.26. The highest BCUT2D eigenvalue weighted by atomic mass is 16.6. The van der Waals surface area contributed by atoms with Gasteiger partial charge in [0.25, 0.3) is 5.91 Å². The maximum Gasteiger partial charge on any atom is 0.338 e. The number of benzene rings is 1. The van der Waals surface area contributed by atoms with Gasteiger partial charge in [-0.3, -0.25) is 20.2 Å². The van der Waals surface area contributed by atoms with E-state index in [-0.39, 0.29) is 11.3 Å². The summed E-state index contributed by atoms with van der Waals surface area (Å²) in [4.78, 5) is 44.7. The number of carbonyl (C=O) groups is 3. The molecule has 2 N–H and O–H groups in total. The molecule has 0 aliphatic rings. The number of esters is 1. The minimum absolute atomic E-state index is 0.0121. The van der Waals surface area contributed by atoms with Gasteiger partial charge >= 0.3 is 17.7 Å². The van der Waals surface area contributed by atoms with Crippen LogP contribution in [0.3, 0.4) is 0 Å². The number of hydrogen-bond donors (Lipinski definition) is 2. The van der Waals surface area contributed by atoms with E-state index in [1.807, 2.05) is 12.2 Å². The molecule has 0 aromatic heterocycles. The fourth-order valence-corrected chi connectivity index (χ4v) is 1.62. The van der Waals surface area contributed by atoms with Gasteiger partial charge in [-0.25, -0.2) is 9.59 Å². The smallest absolute Gasteiger partial charge is 0.338 e. The van der Waals surface area contributed by atoms with E-state index in [1.54, 1.807) is 0 Å². The van der Waals surface area contributed by atoms with E-state index in [0.29, 0.717) is 13.0 Å². The Morgan fingerprint density at radius 3 is 2.58 bits per heavy atom. The van der Waals surface area contributed by atoms with Crippen LogP contribution in [0.4, 0.5) is 10.5 Å². The molecule has 0 unspecified atom stereocenters. The summed E-state index contributed by atoms with van der Waals surface area (Å²) in [5.41, 5.74) is -0.527. The molecule has 0 atom stereocenters.